The monoisotopic (exact) mass is 578 g/mol. The first-order valence-electron chi connectivity index (χ1n) is 12.7. The predicted octanol–water partition coefficient (Wildman–Crippen LogP) is 6.50. The molecular weight excluding hydrogens is 553 g/mol. The molecule has 41 heavy (non-hydrogen) atoms. The van der Waals surface area contributed by atoms with Crippen LogP contribution in [0.15, 0.2) is 89.3 Å². The first kappa shape index (κ1) is 28.1. The van der Waals surface area contributed by atoms with Crippen LogP contribution < -0.4 is 9.64 Å². The van der Waals surface area contributed by atoms with Gasteiger partial charge in [0.25, 0.3) is 0 Å². The minimum Gasteiger partial charge on any atom is -0.406 e. The number of carbonyl (C=O) groups is 1. The molecule has 1 fully saturated rings. The largest absolute Gasteiger partial charge is 0.573 e. The molecule has 3 aromatic carbocycles. The Balaban J connectivity index is 1.27. The van der Waals surface area contributed by atoms with Gasteiger partial charge < -0.3 is 4.74 Å². The zero-order valence-electron chi connectivity index (χ0n) is 22.1. The molecule has 1 aliphatic rings. The molecule has 0 radical (unpaired) electrons. The van der Waals surface area contributed by atoms with Gasteiger partial charge in [0.05, 0.1) is 23.3 Å². The average molecular weight is 579 g/mol. The van der Waals surface area contributed by atoms with E-state index in [9.17, 15) is 18.0 Å². The highest BCUT2D eigenvalue weighted by atomic mass is 32.2. The van der Waals surface area contributed by atoms with Crippen LogP contribution in [0.25, 0.3) is 17.1 Å². The number of rotatable bonds is 8. The number of aromatic nitrogens is 3. The lowest BCUT2D eigenvalue weighted by molar-refractivity contribution is -0.274. The molecule has 1 amide bonds. The molecule has 5 rings (SSSR count). The third-order valence-corrected chi connectivity index (χ3v) is 6.89. The van der Waals surface area contributed by atoms with Gasteiger partial charge in [0.15, 0.2) is 11.0 Å². The fourth-order valence-corrected chi connectivity index (χ4v) is 5.01. The summed E-state index contributed by atoms with van der Waals surface area (Å²) in [6, 6.07) is 20.5. The second kappa shape index (κ2) is 12.0. The molecule has 0 bridgehead atoms. The van der Waals surface area contributed by atoms with Gasteiger partial charge in [-0.3, -0.25) is 9.69 Å². The highest BCUT2D eigenvalue weighted by Gasteiger charge is 2.32. The van der Waals surface area contributed by atoms with E-state index in [1.807, 2.05) is 48.5 Å². The molecule has 0 atom stereocenters. The summed E-state index contributed by atoms with van der Waals surface area (Å²) >= 11 is 1.36. The first-order valence-corrected chi connectivity index (χ1v) is 13.7. The molecule has 0 saturated carbocycles. The molecular formula is C29H25F3N6O2S. The number of halogens is 3. The topological polar surface area (TPSA) is 85.0 Å². The van der Waals surface area contributed by atoms with Gasteiger partial charge in [-0.25, -0.2) is 9.67 Å². The number of thioether (sulfide) groups is 1. The van der Waals surface area contributed by atoms with Crippen molar-refractivity contribution in [2.24, 2.45) is 16.1 Å². The summed E-state index contributed by atoms with van der Waals surface area (Å²) in [5, 5.41) is 13.5. The average Bonchev–Trinajstić information content (AvgIpc) is 3.56. The van der Waals surface area contributed by atoms with E-state index in [1.165, 1.54) is 47.0 Å². The van der Waals surface area contributed by atoms with Gasteiger partial charge in [0.1, 0.15) is 12.1 Å². The highest BCUT2D eigenvalue weighted by Crippen LogP contribution is 2.31. The van der Waals surface area contributed by atoms with Crippen molar-refractivity contribution >= 4 is 34.7 Å². The minimum atomic E-state index is -4.75. The van der Waals surface area contributed by atoms with E-state index in [-0.39, 0.29) is 11.7 Å². The molecule has 1 aromatic heterocycles. The molecule has 8 nitrogen and oxygen atoms in total. The Morgan fingerprint density at radius 3 is 2.49 bits per heavy atom. The smallest absolute Gasteiger partial charge is 0.406 e. The van der Waals surface area contributed by atoms with Crippen molar-refractivity contribution in [2.45, 2.75) is 26.6 Å². The number of amides is 1. The second-order valence-corrected chi connectivity index (χ2v) is 10.5. The van der Waals surface area contributed by atoms with Crippen molar-refractivity contribution in [3.8, 4) is 22.8 Å². The van der Waals surface area contributed by atoms with E-state index in [0.717, 1.165) is 28.8 Å². The van der Waals surface area contributed by atoms with Gasteiger partial charge in [-0.1, -0.05) is 68.1 Å². The highest BCUT2D eigenvalue weighted by molar-refractivity contribution is 8.15. The number of hydrogen-bond donors (Lipinski definition) is 0. The van der Waals surface area contributed by atoms with E-state index >= 15 is 0 Å². The number of amidine groups is 1. The van der Waals surface area contributed by atoms with E-state index in [2.05, 4.69) is 38.9 Å². The van der Waals surface area contributed by atoms with Crippen molar-refractivity contribution in [3.63, 3.8) is 0 Å². The SMILES string of the molecule is CC(C)Cc1ccccc1N1C(=O)CS/C1=N\N=C\c1ccc(-c2ncn(-c3ccc(OC(F)(F)F)cc3)n2)cc1. The number of anilines is 1. The molecule has 1 saturated heterocycles. The molecule has 0 unspecified atom stereocenters. The number of benzene rings is 3. The van der Waals surface area contributed by atoms with Crippen LogP contribution in [0.1, 0.15) is 25.0 Å². The zero-order chi connectivity index (χ0) is 29.0. The van der Waals surface area contributed by atoms with Crippen LogP contribution in [-0.4, -0.2) is 44.2 Å². The Hall–Kier alpha value is -4.45. The van der Waals surface area contributed by atoms with E-state index in [0.29, 0.717) is 28.4 Å². The van der Waals surface area contributed by atoms with Crippen LogP contribution in [0.4, 0.5) is 18.9 Å². The summed E-state index contributed by atoms with van der Waals surface area (Å²) in [6.07, 6.45) is -0.815. The first-order chi connectivity index (χ1) is 19.7. The third-order valence-electron chi connectivity index (χ3n) is 5.97. The van der Waals surface area contributed by atoms with Crippen molar-refractivity contribution < 1.29 is 22.7 Å². The van der Waals surface area contributed by atoms with Crippen LogP contribution >= 0.6 is 11.8 Å². The lowest BCUT2D eigenvalue weighted by atomic mass is 10.0. The summed E-state index contributed by atoms with van der Waals surface area (Å²) in [5.74, 6) is 0.860. The Kier molecular flexibility index (Phi) is 8.20. The summed E-state index contributed by atoms with van der Waals surface area (Å²) in [6.45, 7) is 4.28. The molecule has 0 N–H and O–H groups in total. The Morgan fingerprint density at radius 1 is 1.05 bits per heavy atom. The Morgan fingerprint density at radius 2 is 1.78 bits per heavy atom. The van der Waals surface area contributed by atoms with E-state index < -0.39 is 6.36 Å². The molecule has 0 aliphatic carbocycles. The van der Waals surface area contributed by atoms with Crippen LogP contribution in [0.5, 0.6) is 5.75 Å². The molecule has 210 valence electrons. The lowest BCUT2D eigenvalue weighted by Gasteiger charge is -2.20. The van der Waals surface area contributed by atoms with Gasteiger partial charge in [-0.15, -0.1) is 23.4 Å². The van der Waals surface area contributed by atoms with Gasteiger partial charge in [-0.2, -0.15) is 5.10 Å². The van der Waals surface area contributed by atoms with Crippen molar-refractivity contribution in [3.05, 3.63) is 90.3 Å². The summed E-state index contributed by atoms with van der Waals surface area (Å²) < 4.78 is 42.5. The lowest BCUT2D eigenvalue weighted by Crippen LogP contribution is -2.30. The summed E-state index contributed by atoms with van der Waals surface area (Å²) in [7, 11) is 0. The number of hydrogen-bond acceptors (Lipinski definition) is 7. The quantitative estimate of drug-likeness (QED) is 0.176. The number of alkyl halides is 3. The van der Waals surface area contributed by atoms with E-state index in [1.54, 1.807) is 11.1 Å². The van der Waals surface area contributed by atoms with Crippen LogP contribution in [0, 0.1) is 5.92 Å². The van der Waals surface area contributed by atoms with Crippen molar-refractivity contribution in [1.82, 2.24) is 14.8 Å². The standard InChI is InChI=1S/C29H25F3N6O2S/c1-19(2)15-22-5-3-4-6-25(22)38-26(39)17-41-28(38)35-34-16-20-7-9-21(10-8-20)27-33-18-37(36-27)23-11-13-24(14-12-23)40-29(30,31)32/h3-14,16,18-19H,15,17H2,1-2H3/b34-16+,35-28-. The maximum atomic E-state index is 12.7. The summed E-state index contributed by atoms with van der Waals surface area (Å²) in [5.41, 5.74) is 4.00. The van der Waals surface area contributed by atoms with Gasteiger partial charge >= 0.3 is 6.36 Å². The van der Waals surface area contributed by atoms with Crippen LogP contribution in [0.2, 0.25) is 0 Å². The van der Waals surface area contributed by atoms with Gasteiger partial charge in [0, 0.05) is 5.56 Å². The van der Waals surface area contributed by atoms with E-state index in [4.69, 9.17) is 0 Å². The van der Waals surface area contributed by atoms with Crippen LogP contribution in [0.3, 0.4) is 0 Å². The molecule has 1 aliphatic heterocycles. The molecule has 2 heterocycles. The zero-order valence-corrected chi connectivity index (χ0v) is 22.9. The number of carbonyl (C=O) groups excluding carboxylic acids is 1. The Labute approximate surface area is 238 Å². The normalized spacial score (nSPS) is 15.0. The second-order valence-electron chi connectivity index (χ2n) is 9.55. The number of nitrogens with zero attached hydrogens (tertiary/aromatic N) is 6. The van der Waals surface area contributed by atoms with Crippen molar-refractivity contribution in [2.75, 3.05) is 10.7 Å². The maximum absolute atomic E-state index is 12.7. The maximum Gasteiger partial charge on any atom is 0.573 e. The fourth-order valence-electron chi connectivity index (χ4n) is 4.20. The van der Waals surface area contributed by atoms with Gasteiger partial charge in [-0.05, 0) is 53.8 Å². The van der Waals surface area contributed by atoms with Gasteiger partial charge in [0.2, 0.25) is 5.91 Å². The third kappa shape index (κ3) is 7.01. The van der Waals surface area contributed by atoms with Crippen molar-refractivity contribution in [1.29, 1.82) is 0 Å². The Bertz CT molecular complexity index is 1580. The van der Waals surface area contributed by atoms with Crippen LogP contribution in [-0.2, 0) is 11.2 Å². The fraction of sp³-hybridized carbons (Fsp3) is 0.207. The molecule has 0 spiro atoms. The number of para-hydroxylation sites is 1. The summed E-state index contributed by atoms with van der Waals surface area (Å²) in [4.78, 5) is 18.6. The minimum absolute atomic E-state index is 0.0259. The molecule has 4 aromatic rings. The number of ether oxygens (including phenoxy) is 1. The molecule has 12 heteroatoms. The predicted molar refractivity (Wildman–Crippen MR) is 153 cm³/mol.